The van der Waals surface area contributed by atoms with E-state index >= 15 is 0 Å². The molecule has 110 valence electrons. The summed E-state index contributed by atoms with van der Waals surface area (Å²) in [6.07, 6.45) is 1.87. The maximum absolute atomic E-state index is 5.86. The second-order valence-electron chi connectivity index (χ2n) is 5.49. The molecule has 0 radical (unpaired) electrons. The topological polar surface area (TPSA) is 19.4 Å². The van der Waals surface area contributed by atoms with Gasteiger partial charge in [0.05, 0.1) is 11.4 Å². The number of nitrogens with zero attached hydrogens (tertiary/aromatic N) is 3. The average molecular weight is 302 g/mol. The quantitative estimate of drug-likeness (QED) is 0.811. The van der Waals surface area contributed by atoms with Gasteiger partial charge in [-0.05, 0) is 24.7 Å². The number of aromatic nitrogens is 1. The van der Waals surface area contributed by atoms with E-state index in [2.05, 4.69) is 52.2 Å². The molecule has 1 aromatic carbocycles. The molecule has 0 amide bonds. The van der Waals surface area contributed by atoms with Crippen molar-refractivity contribution in [2.24, 2.45) is 0 Å². The Kier molecular flexibility index (Phi) is 4.42. The van der Waals surface area contributed by atoms with Crippen LogP contribution in [0.1, 0.15) is 5.56 Å². The molecule has 21 heavy (non-hydrogen) atoms. The van der Waals surface area contributed by atoms with Gasteiger partial charge in [-0.15, -0.1) is 11.6 Å². The van der Waals surface area contributed by atoms with E-state index in [9.17, 15) is 0 Å². The van der Waals surface area contributed by atoms with Crippen LogP contribution in [-0.4, -0.2) is 43.1 Å². The molecule has 0 aliphatic carbocycles. The lowest BCUT2D eigenvalue weighted by molar-refractivity contribution is 0.313. The molecule has 1 aliphatic rings. The number of alkyl halides is 1. The highest BCUT2D eigenvalue weighted by atomic mass is 35.5. The van der Waals surface area contributed by atoms with Crippen LogP contribution in [0.2, 0.25) is 0 Å². The summed E-state index contributed by atoms with van der Waals surface area (Å²) in [6.45, 7) is 4.29. The molecule has 3 rings (SSSR count). The Morgan fingerprint density at radius 2 is 1.76 bits per heavy atom. The molecule has 1 aliphatic heterocycles. The Morgan fingerprint density at radius 3 is 2.43 bits per heavy atom. The maximum Gasteiger partial charge on any atom is 0.0935 e. The fraction of sp³-hybridized carbons (Fsp3) is 0.353. The first-order chi connectivity index (χ1) is 10.3. The van der Waals surface area contributed by atoms with E-state index < -0.39 is 0 Å². The molecule has 3 nitrogen and oxygen atoms in total. The van der Waals surface area contributed by atoms with Crippen LogP contribution in [0.4, 0.5) is 5.69 Å². The van der Waals surface area contributed by atoms with Gasteiger partial charge < -0.3 is 9.80 Å². The third kappa shape index (κ3) is 3.20. The molecule has 0 unspecified atom stereocenters. The van der Waals surface area contributed by atoms with Crippen molar-refractivity contribution in [3.8, 4) is 11.3 Å². The van der Waals surface area contributed by atoms with Gasteiger partial charge in [-0.25, -0.2) is 0 Å². The Labute approximate surface area is 131 Å². The summed E-state index contributed by atoms with van der Waals surface area (Å²) in [5.74, 6) is 0.549. The first kappa shape index (κ1) is 14.4. The highest BCUT2D eigenvalue weighted by Gasteiger charge is 2.18. The average Bonchev–Trinajstić information content (AvgIpc) is 2.56. The summed E-state index contributed by atoms with van der Waals surface area (Å²) in [5.41, 5.74) is 4.57. The lowest BCUT2D eigenvalue weighted by Gasteiger charge is -2.34. The van der Waals surface area contributed by atoms with Gasteiger partial charge in [-0.1, -0.05) is 24.3 Å². The third-order valence-electron chi connectivity index (χ3n) is 4.01. The van der Waals surface area contributed by atoms with Crippen LogP contribution in [0.25, 0.3) is 11.3 Å². The van der Waals surface area contributed by atoms with Gasteiger partial charge in [0.2, 0.25) is 0 Å². The van der Waals surface area contributed by atoms with Crippen molar-refractivity contribution < 1.29 is 0 Å². The first-order valence-electron chi connectivity index (χ1n) is 7.32. The van der Waals surface area contributed by atoms with Crippen molar-refractivity contribution in [2.75, 3.05) is 38.1 Å². The van der Waals surface area contributed by atoms with Gasteiger partial charge in [0, 0.05) is 43.8 Å². The van der Waals surface area contributed by atoms with E-state index in [1.165, 1.54) is 5.69 Å². The molecule has 0 N–H and O–H groups in total. The van der Waals surface area contributed by atoms with Gasteiger partial charge in [0.15, 0.2) is 0 Å². The number of halogens is 1. The van der Waals surface area contributed by atoms with Crippen molar-refractivity contribution in [1.29, 1.82) is 0 Å². The summed E-state index contributed by atoms with van der Waals surface area (Å²) < 4.78 is 0. The van der Waals surface area contributed by atoms with E-state index in [0.717, 1.165) is 43.0 Å². The predicted octanol–water partition coefficient (Wildman–Crippen LogP) is 3.24. The third-order valence-corrected chi connectivity index (χ3v) is 4.32. The Bertz CT molecular complexity index is 589. The van der Waals surface area contributed by atoms with Gasteiger partial charge in [0.1, 0.15) is 0 Å². The van der Waals surface area contributed by atoms with Crippen LogP contribution in [0.15, 0.2) is 42.6 Å². The molecular formula is C17H20ClN3. The van der Waals surface area contributed by atoms with E-state index in [1.54, 1.807) is 0 Å². The summed E-state index contributed by atoms with van der Waals surface area (Å²) in [5, 5.41) is 0. The van der Waals surface area contributed by atoms with E-state index in [1.807, 2.05) is 12.3 Å². The summed E-state index contributed by atoms with van der Waals surface area (Å²) in [6, 6.07) is 12.6. The lowest BCUT2D eigenvalue weighted by Crippen LogP contribution is -2.44. The molecule has 0 spiro atoms. The van der Waals surface area contributed by atoms with Crippen molar-refractivity contribution in [3.63, 3.8) is 0 Å². The number of pyridine rings is 1. The minimum absolute atomic E-state index is 0.549. The van der Waals surface area contributed by atoms with Crippen molar-refractivity contribution in [1.82, 2.24) is 9.88 Å². The SMILES string of the molecule is CN1CCN(c2cccnc2-c2ccc(CCl)cc2)CC1. The smallest absolute Gasteiger partial charge is 0.0935 e. The minimum Gasteiger partial charge on any atom is -0.367 e. The molecule has 0 saturated carbocycles. The summed E-state index contributed by atoms with van der Waals surface area (Å²) in [4.78, 5) is 9.40. The summed E-state index contributed by atoms with van der Waals surface area (Å²) in [7, 11) is 2.17. The second kappa shape index (κ2) is 6.46. The Morgan fingerprint density at radius 1 is 1.05 bits per heavy atom. The standard InChI is InChI=1S/C17H20ClN3/c1-20-9-11-21(12-10-20)16-3-2-8-19-17(16)15-6-4-14(13-18)5-7-15/h2-8H,9-13H2,1H3. The van der Waals surface area contributed by atoms with E-state index in [4.69, 9.17) is 11.6 Å². The van der Waals surface area contributed by atoms with Crippen LogP contribution in [-0.2, 0) is 5.88 Å². The molecule has 2 aromatic rings. The second-order valence-corrected chi connectivity index (χ2v) is 5.76. The highest BCUT2D eigenvalue weighted by molar-refractivity contribution is 6.17. The van der Waals surface area contributed by atoms with Crippen molar-refractivity contribution in [3.05, 3.63) is 48.2 Å². The number of hydrogen-bond donors (Lipinski definition) is 0. The number of piperazine rings is 1. The number of rotatable bonds is 3. The Balaban J connectivity index is 1.91. The summed E-state index contributed by atoms with van der Waals surface area (Å²) >= 11 is 5.86. The van der Waals surface area contributed by atoms with Gasteiger partial charge >= 0.3 is 0 Å². The van der Waals surface area contributed by atoms with Crippen molar-refractivity contribution >= 4 is 17.3 Å². The fourth-order valence-electron chi connectivity index (χ4n) is 2.67. The van der Waals surface area contributed by atoms with Crippen molar-refractivity contribution in [2.45, 2.75) is 5.88 Å². The lowest BCUT2D eigenvalue weighted by atomic mass is 10.1. The monoisotopic (exact) mass is 301 g/mol. The Hall–Kier alpha value is -1.58. The predicted molar refractivity (Wildman–Crippen MR) is 88.9 cm³/mol. The molecule has 1 aromatic heterocycles. The zero-order chi connectivity index (χ0) is 14.7. The van der Waals surface area contributed by atoms with E-state index in [0.29, 0.717) is 5.88 Å². The molecular weight excluding hydrogens is 282 g/mol. The number of anilines is 1. The molecule has 4 heteroatoms. The fourth-order valence-corrected chi connectivity index (χ4v) is 2.85. The number of benzene rings is 1. The number of hydrogen-bond acceptors (Lipinski definition) is 3. The number of likely N-dealkylation sites (N-methyl/N-ethyl adjacent to an activating group) is 1. The largest absolute Gasteiger partial charge is 0.367 e. The normalized spacial score (nSPS) is 16.2. The molecule has 0 atom stereocenters. The van der Waals surface area contributed by atoms with Crippen LogP contribution >= 0.6 is 11.6 Å². The van der Waals surface area contributed by atoms with Gasteiger partial charge in [-0.2, -0.15) is 0 Å². The molecule has 0 bridgehead atoms. The minimum atomic E-state index is 0.549. The zero-order valence-electron chi connectivity index (χ0n) is 12.3. The molecule has 1 fully saturated rings. The van der Waals surface area contributed by atoms with Gasteiger partial charge in [0.25, 0.3) is 0 Å². The zero-order valence-corrected chi connectivity index (χ0v) is 13.1. The van der Waals surface area contributed by atoms with E-state index in [-0.39, 0.29) is 0 Å². The first-order valence-corrected chi connectivity index (χ1v) is 7.85. The maximum atomic E-state index is 5.86. The highest BCUT2D eigenvalue weighted by Crippen LogP contribution is 2.29. The van der Waals surface area contributed by atoms with Crippen LogP contribution < -0.4 is 4.90 Å². The van der Waals surface area contributed by atoms with Crippen LogP contribution in [0, 0.1) is 0 Å². The molecule has 2 heterocycles. The molecule has 1 saturated heterocycles. The van der Waals surface area contributed by atoms with Crippen LogP contribution in [0.5, 0.6) is 0 Å². The van der Waals surface area contributed by atoms with Gasteiger partial charge in [-0.3, -0.25) is 4.98 Å². The van der Waals surface area contributed by atoms with Crippen LogP contribution in [0.3, 0.4) is 0 Å².